The number of aliphatic carboxylic acids is 1. The van der Waals surface area contributed by atoms with Crippen LogP contribution < -0.4 is 0 Å². The van der Waals surface area contributed by atoms with E-state index in [1.807, 2.05) is 11.8 Å². The molecule has 0 amide bonds. The summed E-state index contributed by atoms with van der Waals surface area (Å²) in [6, 6.07) is 0. The number of likely N-dealkylation sites (tertiary alicyclic amines) is 1. The molecule has 0 spiro atoms. The van der Waals surface area contributed by atoms with Crippen molar-refractivity contribution in [3.63, 3.8) is 0 Å². The monoisotopic (exact) mass is 245 g/mol. The Labute approximate surface area is 102 Å². The van der Waals surface area contributed by atoms with Crippen molar-refractivity contribution in [2.24, 2.45) is 5.41 Å². The van der Waals surface area contributed by atoms with Gasteiger partial charge in [0.2, 0.25) is 0 Å². The molecule has 0 radical (unpaired) electrons. The van der Waals surface area contributed by atoms with Gasteiger partial charge in [-0.3, -0.25) is 9.69 Å². The number of piperidine rings is 1. The molecule has 1 heterocycles. The van der Waals surface area contributed by atoms with E-state index >= 15 is 0 Å². The van der Waals surface area contributed by atoms with Gasteiger partial charge in [0.25, 0.3) is 0 Å². The zero-order valence-corrected chi connectivity index (χ0v) is 10.4. The van der Waals surface area contributed by atoms with Crippen molar-refractivity contribution in [2.45, 2.75) is 38.7 Å². The lowest BCUT2D eigenvalue weighted by Crippen LogP contribution is -2.50. The van der Waals surface area contributed by atoms with Gasteiger partial charge in [-0.1, -0.05) is 13.3 Å². The van der Waals surface area contributed by atoms with Crippen LogP contribution in [0.15, 0.2) is 0 Å². The van der Waals surface area contributed by atoms with E-state index in [-0.39, 0.29) is 6.61 Å². The Morgan fingerprint density at radius 2 is 2.24 bits per heavy atom. The van der Waals surface area contributed by atoms with Crippen molar-refractivity contribution in [3.05, 3.63) is 0 Å². The Balaban J connectivity index is 2.64. The highest BCUT2D eigenvalue weighted by molar-refractivity contribution is 5.75. The highest BCUT2D eigenvalue weighted by Gasteiger charge is 2.41. The lowest BCUT2D eigenvalue weighted by Gasteiger charge is -2.40. The predicted octanol–water partition coefficient (Wildman–Crippen LogP) is 0.307. The highest BCUT2D eigenvalue weighted by Crippen LogP contribution is 2.35. The number of hydrogen-bond acceptors (Lipinski definition) is 4. The maximum atomic E-state index is 11.4. The van der Waals surface area contributed by atoms with Gasteiger partial charge in [-0.2, -0.15) is 0 Å². The van der Waals surface area contributed by atoms with Crippen molar-refractivity contribution in [1.29, 1.82) is 0 Å². The van der Waals surface area contributed by atoms with Crippen LogP contribution in [0.2, 0.25) is 0 Å². The van der Waals surface area contributed by atoms with Gasteiger partial charge in [0.15, 0.2) is 0 Å². The fourth-order valence-corrected chi connectivity index (χ4v) is 2.70. The fourth-order valence-electron chi connectivity index (χ4n) is 2.70. The number of hydrogen-bond donors (Lipinski definition) is 3. The molecule has 2 atom stereocenters. The van der Waals surface area contributed by atoms with Crippen LogP contribution in [0, 0.1) is 5.41 Å². The first-order valence-electron chi connectivity index (χ1n) is 6.29. The van der Waals surface area contributed by atoms with Crippen molar-refractivity contribution in [3.8, 4) is 0 Å². The first-order valence-corrected chi connectivity index (χ1v) is 6.29. The summed E-state index contributed by atoms with van der Waals surface area (Å²) in [5.74, 6) is -0.734. The Kier molecular flexibility index (Phi) is 5.36. The average molecular weight is 245 g/mol. The van der Waals surface area contributed by atoms with Crippen LogP contribution in [0.3, 0.4) is 0 Å². The van der Waals surface area contributed by atoms with Crippen LogP contribution in [-0.2, 0) is 4.79 Å². The van der Waals surface area contributed by atoms with Gasteiger partial charge in [0.05, 0.1) is 18.1 Å². The molecule has 1 saturated heterocycles. The molecule has 100 valence electrons. The maximum absolute atomic E-state index is 11.4. The van der Waals surface area contributed by atoms with E-state index in [2.05, 4.69) is 0 Å². The van der Waals surface area contributed by atoms with Gasteiger partial charge in [-0.05, 0) is 25.8 Å². The second-order valence-electron chi connectivity index (χ2n) is 5.01. The van der Waals surface area contributed by atoms with E-state index in [0.29, 0.717) is 25.9 Å². The molecule has 0 bridgehead atoms. The molecule has 0 saturated carbocycles. The quantitative estimate of drug-likeness (QED) is 0.627. The minimum Gasteiger partial charge on any atom is -0.481 e. The summed E-state index contributed by atoms with van der Waals surface area (Å²) < 4.78 is 0. The molecule has 1 rings (SSSR count). The first-order chi connectivity index (χ1) is 8.04. The molecule has 17 heavy (non-hydrogen) atoms. The summed E-state index contributed by atoms with van der Waals surface area (Å²) in [4.78, 5) is 13.4. The van der Waals surface area contributed by atoms with E-state index in [1.54, 1.807) is 0 Å². The van der Waals surface area contributed by atoms with Crippen LogP contribution in [-0.4, -0.2) is 58.5 Å². The molecule has 0 aromatic rings. The van der Waals surface area contributed by atoms with Crippen molar-refractivity contribution in [2.75, 3.05) is 26.2 Å². The number of β-amino-alcohol motifs (C(OH)–C–C–N with tert-alkyl or cyclic N) is 1. The predicted molar refractivity (Wildman–Crippen MR) is 63.7 cm³/mol. The molecule has 0 aliphatic carbocycles. The zero-order chi connectivity index (χ0) is 12.9. The smallest absolute Gasteiger partial charge is 0.310 e. The highest BCUT2D eigenvalue weighted by atomic mass is 16.4. The summed E-state index contributed by atoms with van der Waals surface area (Å²) in [7, 11) is 0. The number of rotatable bonds is 6. The Hall–Kier alpha value is -0.650. The van der Waals surface area contributed by atoms with Crippen LogP contribution >= 0.6 is 0 Å². The van der Waals surface area contributed by atoms with E-state index in [4.69, 9.17) is 5.11 Å². The standard InChI is InChI=1S/C12H23NO4/c1-2-4-12(11(16)17)5-3-6-13(9-12)7-10(15)8-14/h10,14-15H,2-9H2,1H3,(H,16,17). The second kappa shape index (κ2) is 6.33. The van der Waals surface area contributed by atoms with Crippen molar-refractivity contribution < 1.29 is 20.1 Å². The van der Waals surface area contributed by atoms with Gasteiger partial charge >= 0.3 is 5.97 Å². The molecule has 5 nitrogen and oxygen atoms in total. The van der Waals surface area contributed by atoms with E-state index in [1.165, 1.54) is 0 Å². The Morgan fingerprint density at radius 3 is 2.76 bits per heavy atom. The summed E-state index contributed by atoms with van der Waals surface area (Å²) in [6.45, 7) is 3.36. The molecular weight excluding hydrogens is 222 g/mol. The number of nitrogens with zero attached hydrogens (tertiary/aromatic N) is 1. The number of carboxylic acid groups (broad SMARTS) is 1. The fraction of sp³-hybridized carbons (Fsp3) is 0.917. The van der Waals surface area contributed by atoms with Crippen LogP contribution in [0.25, 0.3) is 0 Å². The van der Waals surface area contributed by atoms with Gasteiger partial charge in [0, 0.05) is 13.1 Å². The SMILES string of the molecule is CCCC1(C(=O)O)CCCN(CC(O)CO)C1. The summed E-state index contributed by atoms with van der Waals surface area (Å²) in [5, 5.41) is 27.6. The topological polar surface area (TPSA) is 81.0 Å². The third kappa shape index (κ3) is 3.66. The molecule has 3 N–H and O–H groups in total. The normalized spacial score (nSPS) is 27.9. The van der Waals surface area contributed by atoms with E-state index < -0.39 is 17.5 Å². The van der Waals surface area contributed by atoms with Gasteiger partial charge in [0.1, 0.15) is 0 Å². The Bertz CT molecular complexity index is 255. The maximum Gasteiger partial charge on any atom is 0.310 e. The summed E-state index contributed by atoms with van der Waals surface area (Å²) in [6.07, 6.45) is 2.30. The van der Waals surface area contributed by atoms with Gasteiger partial charge in [-0.25, -0.2) is 0 Å². The zero-order valence-electron chi connectivity index (χ0n) is 10.4. The molecule has 5 heteroatoms. The lowest BCUT2D eigenvalue weighted by atomic mass is 9.76. The third-order valence-electron chi connectivity index (χ3n) is 3.52. The summed E-state index contributed by atoms with van der Waals surface area (Å²) >= 11 is 0. The molecule has 1 fully saturated rings. The second-order valence-corrected chi connectivity index (χ2v) is 5.01. The number of aliphatic hydroxyl groups is 2. The molecular formula is C12H23NO4. The van der Waals surface area contributed by atoms with Crippen LogP contribution in [0.1, 0.15) is 32.6 Å². The van der Waals surface area contributed by atoms with E-state index in [9.17, 15) is 15.0 Å². The Morgan fingerprint density at radius 1 is 1.53 bits per heavy atom. The van der Waals surface area contributed by atoms with Crippen LogP contribution in [0.4, 0.5) is 0 Å². The van der Waals surface area contributed by atoms with Gasteiger partial charge in [-0.15, -0.1) is 0 Å². The third-order valence-corrected chi connectivity index (χ3v) is 3.52. The largest absolute Gasteiger partial charge is 0.481 e. The molecule has 1 aliphatic rings. The summed E-state index contributed by atoms with van der Waals surface area (Å²) in [5.41, 5.74) is -0.665. The molecule has 1 aliphatic heterocycles. The first kappa shape index (κ1) is 14.4. The number of aliphatic hydroxyl groups excluding tert-OH is 2. The van der Waals surface area contributed by atoms with Crippen LogP contribution in [0.5, 0.6) is 0 Å². The van der Waals surface area contributed by atoms with Crippen molar-refractivity contribution >= 4 is 5.97 Å². The van der Waals surface area contributed by atoms with Gasteiger partial charge < -0.3 is 15.3 Å². The van der Waals surface area contributed by atoms with E-state index in [0.717, 1.165) is 19.4 Å². The molecule has 2 unspecified atom stereocenters. The average Bonchev–Trinajstić information content (AvgIpc) is 2.29. The number of carboxylic acids is 1. The number of carbonyl (C=O) groups is 1. The molecule has 0 aromatic heterocycles. The minimum absolute atomic E-state index is 0.273. The van der Waals surface area contributed by atoms with Crippen molar-refractivity contribution in [1.82, 2.24) is 4.90 Å². The lowest BCUT2D eigenvalue weighted by molar-refractivity contribution is -0.153. The molecule has 0 aromatic carbocycles. The minimum atomic E-state index is -0.777.